The third kappa shape index (κ3) is 16.5. The maximum absolute atomic E-state index is 12.5. The summed E-state index contributed by atoms with van der Waals surface area (Å²) in [5, 5.41) is 6.08. The lowest BCUT2D eigenvalue weighted by Crippen LogP contribution is -2.46. The number of hydrogen-bond donors (Lipinski definition) is 2. The van der Waals surface area contributed by atoms with Crippen molar-refractivity contribution in [1.29, 1.82) is 0 Å². The van der Waals surface area contributed by atoms with Crippen LogP contribution < -0.4 is 10.6 Å². The second kappa shape index (κ2) is 25.3. The molecule has 17 heteroatoms. The molecule has 1 aliphatic rings. The topological polar surface area (TPSA) is 140 Å². The molecule has 6 aromatic rings. The molecular weight excluding hydrogens is 957 g/mol. The van der Waals surface area contributed by atoms with Crippen LogP contribution in [0.4, 0.5) is 9.59 Å². The van der Waals surface area contributed by atoms with Crippen LogP contribution in [0.3, 0.4) is 0 Å². The van der Waals surface area contributed by atoms with Crippen LogP contribution in [0.2, 0.25) is 0 Å². The summed E-state index contributed by atoms with van der Waals surface area (Å²) in [4.78, 5) is 34.9. The summed E-state index contributed by atoms with van der Waals surface area (Å²) in [6.07, 6.45) is 0.941. The largest absolute Gasteiger partial charge is 0.458 e. The lowest BCUT2D eigenvalue weighted by atomic mass is 9.70. The smallest absolute Gasteiger partial charge is 0.445 e. The van der Waals surface area contributed by atoms with Crippen molar-refractivity contribution in [3.05, 3.63) is 174 Å². The van der Waals surface area contributed by atoms with Gasteiger partial charge in [-0.25, -0.2) is 19.6 Å². The Morgan fingerprint density at radius 3 is 1.35 bits per heavy atom. The first-order chi connectivity index (χ1) is 33.6. The molecule has 0 saturated carbocycles. The zero-order chi connectivity index (χ0) is 52.0. The van der Waals surface area contributed by atoms with Crippen molar-refractivity contribution in [1.82, 2.24) is 29.7 Å². The number of nitrogens with zero attached hydrogens (tertiary/aromatic N) is 4. The van der Waals surface area contributed by atoms with Gasteiger partial charge >= 0.3 is 33.5 Å². The standard InChI is InChI=1S/C25H31N3O2.C23H28BrN3O2.C6H9B3O3/c1-7-18-13-14-21-20(15-18)26-23(28(21)16-19-11-9-8-10-12-19)22(17(2)3)27-24(29)30-25(4,5)6;1-15(2)20(26-22(28)29-23(3,4)5)21-25-18-13-17(24)11-12-19(18)27(21)14-16-9-7-6-8-10-16;1-4-7-10-8(5-2)12-9(6-3)11-7/h7-15,17,22H,1,16H2,2-6H3,(H,27,29);6-13,15,20H,14H2,1-5H3,(H,26,28);4-6H,1-3H2/t22-;20-;/m11./s1. The number of aromatic nitrogens is 4. The van der Waals surface area contributed by atoms with Crippen molar-refractivity contribution in [3.63, 3.8) is 0 Å². The quantitative estimate of drug-likeness (QED) is 0.102. The molecule has 0 aliphatic carbocycles. The number of imidazole rings is 2. The van der Waals surface area contributed by atoms with Crippen molar-refractivity contribution >= 4 is 77.6 Å². The molecule has 1 fully saturated rings. The minimum atomic E-state index is -0.561. The van der Waals surface area contributed by atoms with Crippen LogP contribution in [0.25, 0.3) is 28.1 Å². The second-order valence-electron chi connectivity index (χ2n) is 19.6. The summed E-state index contributed by atoms with van der Waals surface area (Å²) >= 11 is 3.53. The van der Waals surface area contributed by atoms with Crippen molar-refractivity contribution in [3.8, 4) is 0 Å². The first kappa shape index (κ1) is 55.8. The van der Waals surface area contributed by atoms with Gasteiger partial charge in [0.05, 0.1) is 34.2 Å². The highest BCUT2D eigenvalue weighted by Crippen LogP contribution is 2.31. The molecule has 372 valence electrons. The maximum atomic E-state index is 12.5. The fraction of sp³-hybridized carbons (Fsp3) is 0.333. The highest BCUT2D eigenvalue weighted by atomic mass is 79.9. The molecule has 0 bridgehead atoms. The van der Waals surface area contributed by atoms with Gasteiger partial charge in [0.1, 0.15) is 22.9 Å². The molecule has 3 heterocycles. The Kier molecular flexibility index (Phi) is 19.9. The van der Waals surface area contributed by atoms with Crippen molar-refractivity contribution in [2.24, 2.45) is 11.8 Å². The number of halogens is 1. The number of fused-ring (bicyclic) bond motifs is 2. The van der Waals surface area contributed by atoms with Crippen LogP contribution in [-0.2, 0) is 36.3 Å². The van der Waals surface area contributed by atoms with Gasteiger partial charge in [0.25, 0.3) is 0 Å². The number of ether oxygens (including phenoxy) is 2. The number of alkyl carbamates (subject to hydrolysis) is 2. The van der Waals surface area contributed by atoms with Crippen LogP contribution in [0.15, 0.2) is 146 Å². The molecule has 7 rings (SSSR count). The monoisotopic (exact) mass is 1020 g/mol. The summed E-state index contributed by atoms with van der Waals surface area (Å²) in [7, 11) is -1.36. The summed E-state index contributed by atoms with van der Waals surface area (Å²) in [5.74, 6) is 6.55. The molecule has 0 unspecified atom stereocenters. The van der Waals surface area contributed by atoms with Gasteiger partial charge in [0.2, 0.25) is 0 Å². The second-order valence-corrected chi connectivity index (χ2v) is 20.5. The fourth-order valence-corrected chi connectivity index (χ4v) is 7.86. The average Bonchev–Trinajstić information content (AvgIpc) is 3.85. The van der Waals surface area contributed by atoms with Crippen LogP contribution in [0, 0.1) is 11.8 Å². The molecule has 13 nitrogen and oxygen atoms in total. The fourth-order valence-electron chi connectivity index (χ4n) is 7.51. The molecule has 2 aromatic heterocycles. The normalized spacial score (nSPS) is 13.6. The maximum Gasteiger partial charge on any atom is 0.458 e. The Hall–Kier alpha value is -6.13. The van der Waals surface area contributed by atoms with E-state index in [1.54, 1.807) is 17.9 Å². The van der Waals surface area contributed by atoms with Crippen molar-refractivity contribution < 1.29 is 32.8 Å². The summed E-state index contributed by atoms with van der Waals surface area (Å²) in [5.41, 5.74) is 6.08. The van der Waals surface area contributed by atoms with Gasteiger partial charge in [-0.1, -0.05) is 141 Å². The number of hydrogen-bond acceptors (Lipinski definition) is 9. The van der Waals surface area contributed by atoms with Gasteiger partial charge < -0.3 is 43.0 Å². The molecule has 71 heavy (non-hydrogen) atoms. The molecule has 2 atom stereocenters. The van der Waals surface area contributed by atoms with Crippen LogP contribution in [0.5, 0.6) is 0 Å². The molecule has 1 aliphatic heterocycles. The Balaban J connectivity index is 0.000000215. The summed E-state index contributed by atoms with van der Waals surface area (Å²) in [6, 6.07) is 32.2. The minimum absolute atomic E-state index is 0.128. The first-order valence-corrected chi connectivity index (χ1v) is 24.6. The predicted octanol–water partition coefficient (Wildman–Crippen LogP) is 12.7. The van der Waals surface area contributed by atoms with Crippen molar-refractivity contribution in [2.45, 2.75) is 106 Å². The van der Waals surface area contributed by atoms with E-state index in [1.807, 2.05) is 108 Å². The molecule has 4 aromatic carbocycles. The highest BCUT2D eigenvalue weighted by molar-refractivity contribution is 9.10. The zero-order valence-corrected chi connectivity index (χ0v) is 44.4. The number of benzene rings is 4. The van der Waals surface area contributed by atoms with Gasteiger partial charge in [0, 0.05) is 17.6 Å². The summed E-state index contributed by atoms with van der Waals surface area (Å²) in [6.45, 7) is 35.3. The van der Waals surface area contributed by atoms with Crippen LogP contribution in [0.1, 0.15) is 110 Å². The van der Waals surface area contributed by atoms with E-state index in [9.17, 15) is 9.59 Å². The molecular formula is C54H68B3BrN6O7. The highest BCUT2D eigenvalue weighted by Gasteiger charge is 2.36. The number of carbonyl (C=O) groups is 2. The SMILES string of the molecule is C=CB1OB(C=C)OB(C=C)O1.C=Cc1ccc2c(c1)nc([C@H](NC(=O)OC(C)(C)C)C(C)C)n2Cc1ccccc1.CC(C)[C@@H](NC(=O)OC(C)(C)C)c1nc2cc(Br)ccc2n1Cc1ccccc1. The van der Waals surface area contributed by atoms with E-state index < -0.39 is 44.7 Å². The molecule has 2 amide bonds. The van der Waals surface area contributed by atoms with E-state index in [0.717, 1.165) is 43.8 Å². The summed E-state index contributed by atoms with van der Waals surface area (Å²) < 4.78 is 31.9. The third-order valence-corrected chi connectivity index (χ3v) is 11.3. The van der Waals surface area contributed by atoms with Gasteiger partial charge in [-0.2, -0.15) is 0 Å². The van der Waals surface area contributed by atoms with E-state index in [2.05, 4.69) is 126 Å². The number of amides is 2. The van der Waals surface area contributed by atoms with E-state index >= 15 is 0 Å². The molecule has 1 saturated heterocycles. The lowest BCUT2D eigenvalue weighted by Gasteiger charge is -2.26. The van der Waals surface area contributed by atoms with Gasteiger partial charge in [-0.3, -0.25) is 0 Å². The third-order valence-electron chi connectivity index (χ3n) is 10.8. The molecule has 0 spiro atoms. The Labute approximate surface area is 429 Å². The molecule has 0 radical (unpaired) electrons. The van der Waals surface area contributed by atoms with Crippen molar-refractivity contribution in [2.75, 3.05) is 0 Å². The molecule has 2 N–H and O–H groups in total. The van der Waals surface area contributed by atoms with E-state index in [4.69, 9.17) is 33.2 Å². The first-order valence-electron chi connectivity index (χ1n) is 23.8. The van der Waals surface area contributed by atoms with Gasteiger partial charge in [-0.15, -0.1) is 19.7 Å². The predicted molar refractivity (Wildman–Crippen MR) is 293 cm³/mol. The average molecular weight is 1030 g/mol. The van der Waals surface area contributed by atoms with E-state index in [0.29, 0.717) is 13.1 Å². The van der Waals surface area contributed by atoms with E-state index in [-0.39, 0.29) is 23.9 Å². The van der Waals surface area contributed by atoms with Gasteiger partial charge in [-0.05, 0) is 100 Å². The Morgan fingerprint density at radius 2 is 1.00 bits per heavy atom. The lowest BCUT2D eigenvalue weighted by molar-refractivity contribution is 0.0474. The number of carbonyl (C=O) groups excluding carboxylic acids is 2. The Bertz CT molecular complexity index is 2710. The zero-order valence-electron chi connectivity index (χ0n) is 42.9. The van der Waals surface area contributed by atoms with Gasteiger partial charge in [0.15, 0.2) is 0 Å². The number of nitrogens with one attached hydrogen (secondary N) is 2. The number of rotatable bonds is 14. The van der Waals surface area contributed by atoms with Crippen LogP contribution >= 0.6 is 15.9 Å². The minimum Gasteiger partial charge on any atom is -0.445 e. The Morgan fingerprint density at radius 1 is 0.620 bits per heavy atom. The van der Waals surface area contributed by atoms with E-state index in [1.165, 1.54) is 11.1 Å². The van der Waals surface area contributed by atoms with Crippen LogP contribution in [-0.4, -0.2) is 63.8 Å².